The first-order valence-corrected chi connectivity index (χ1v) is 8.59. The smallest absolute Gasteiger partial charge is 0.258 e. The fourth-order valence-electron chi connectivity index (χ4n) is 4.01. The minimum absolute atomic E-state index is 0.0229. The van der Waals surface area contributed by atoms with Gasteiger partial charge in [-0.05, 0) is 62.1 Å². The quantitative estimate of drug-likeness (QED) is 0.876. The summed E-state index contributed by atoms with van der Waals surface area (Å²) in [7, 11) is 0. The predicted octanol–water partition coefficient (Wildman–Crippen LogP) is 3.77. The largest absolute Gasteiger partial charge is 0.484 e. The van der Waals surface area contributed by atoms with E-state index in [0.29, 0.717) is 11.7 Å². The summed E-state index contributed by atoms with van der Waals surface area (Å²) in [5.41, 5.74) is 0. The molecule has 0 aromatic heterocycles. The van der Waals surface area contributed by atoms with Crippen molar-refractivity contribution in [3.8, 4) is 5.75 Å². The van der Waals surface area contributed by atoms with E-state index in [1.54, 1.807) is 0 Å². The van der Waals surface area contributed by atoms with Crippen LogP contribution >= 0.6 is 15.9 Å². The molecule has 114 valence electrons. The van der Waals surface area contributed by atoms with Crippen molar-refractivity contribution in [3.05, 3.63) is 28.7 Å². The molecule has 2 saturated carbocycles. The number of halogens is 1. The lowest BCUT2D eigenvalue weighted by molar-refractivity contribution is -0.124. The Labute approximate surface area is 134 Å². The highest BCUT2D eigenvalue weighted by molar-refractivity contribution is 9.10. The lowest BCUT2D eigenvalue weighted by Crippen LogP contribution is -2.42. The number of hydrogen-bond donors (Lipinski definition) is 1. The zero-order valence-corrected chi connectivity index (χ0v) is 13.9. The van der Waals surface area contributed by atoms with Crippen LogP contribution in [0.15, 0.2) is 28.7 Å². The zero-order valence-electron chi connectivity index (χ0n) is 12.3. The minimum Gasteiger partial charge on any atom is -0.484 e. The Hall–Kier alpha value is -1.03. The molecule has 4 heteroatoms. The molecule has 0 unspecified atom stereocenters. The molecule has 3 nitrogen and oxygen atoms in total. The van der Waals surface area contributed by atoms with E-state index in [2.05, 4.69) is 28.2 Å². The van der Waals surface area contributed by atoms with Gasteiger partial charge >= 0.3 is 0 Å². The van der Waals surface area contributed by atoms with E-state index in [1.807, 2.05) is 24.3 Å². The zero-order chi connectivity index (χ0) is 14.8. The number of carbonyl (C=O) groups is 1. The van der Waals surface area contributed by atoms with Gasteiger partial charge in [-0.1, -0.05) is 28.4 Å². The maximum atomic E-state index is 12.0. The molecule has 2 aliphatic carbocycles. The van der Waals surface area contributed by atoms with Gasteiger partial charge in [0.1, 0.15) is 5.75 Å². The SMILES string of the molecule is C[C@@H](NC(=O)COc1cccc(Br)c1)[C@H]1C[C@H]2CC[C@H]1C2. The molecule has 0 aliphatic heterocycles. The average Bonchev–Trinajstić information content (AvgIpc) is 3.08. The molecule has 1 aromatic carbocycles. The lowest BCUT2D eigenvalue weighted by Gasteiger charge is -2.28. The summed E-state index contributed by atoms with van der Waals surface area (Å²) in [5, 5.41) is 3.12. The lowest BCUT2D eigenvalue weighted by atomic mass is 9.84. The van der Waals surface area contributed by atoms with Crippen molar-refractivity contribution in [1.82, 2.24) is 5.32 Å². The van der Waals surface area contributed by atoms with E-state index in [-0.39, 0.29) is 18.6 Å². The fourth-order valence-corrected chi connectivity index (χ4v) is 4.39. The molecule has 0 radical (unpaired) electrons. The Morgan fingerprint density at radius 3 is 2.95 bits per heavy atom. The van der Waals surface area contributed by atoms with Gasteiger partial charge in [0.2, 0.25) is 0 Å². The minimum atomic E-state index is -0.0229. The van der Waals surface area contributed by atoms with Gasteiger partial charge in [-0.15, -0.1) is 0 Å². The first-order valence-electron chi connectivity index (χ1n) is 7.79. The molecule has 0 saturated heterocycles. The van der Waals surface area contributed by atoms with Crippen molar-refractivity contribution in [2.45, 2.75) is 38.6 Å². The van der Waals surface area contributed by atoms with Gasteiger partial charge in [-0.2, -0.15) is 0 Å². The van der Waals surface area contributed by atoms with Crippen LogP contribution in [0.1, 0.15) is 32.6 Å². The first-order chi connectivity index (χ1) is 10.1. The second kappa shape index (κ2) is 6.39. The van der Waals surface area contributed by atoms with Gasteiger partial charge in [0, 0.05) is 10.5 Å². The molecule has 21 heavy (non-hydrogen) atoms. The molecule has 4 atom stereocenters. The van der Waals surface area contributed by atoms with Crippen LogP contribution in [0.3, 0.4) is 0 Å². The van der Waals surface area contributed by atoms with Crippen LogP contribution in [-0.2, 0) is 4.79 Å². The van der Waals surface area contributed by atoms with Gasteiger partial charge in [0.05, 0.1) is 0 Å². The number of nitrogens with one attached hydrogen (secondary N) is 1. The second-order valence-electron chi connectivity index (χ2n) is 6.44. The monoisotopic (exact) mass is 351 g/mol. The van der Waals surface area contributed by atoms with Crippen LogP contribution in [-0.4, -0.2) is 18.6 Å². The van der Waals surface area contributed by atoms with Gasteiger partial charge in [0.25, 0.3) is 5.91 Å². The fraction of sp³-hybridized carbons (Fsp3) is 0.588. The molecular formula is C17H22BrNO2. The molecule has 1 amide bonds. The van der Waals surface area contributed by atoms with Crippen LogP contribution in [0.2, 0.25) is 0 Å². The summed E-state index contributed by atoms with van der Waals surface area (Å²) < 4.78 is 6.49. The molecule has 2 aliphatic rings. The van der Waals surface area contributed by atoms with Crippen molar-refractivity contribution in [3.63, 3.8) is 0 Å². The highest BCUT2D eigenvalue weighted by Crippen LogP contribution is 2.49. The Balaban J connectivity index is 1.46. The van der Waals surface area contributed by atoms with E-state index < -0.39 is 0 Å². The van der Waals surface area contributed by atoms with Gasteiger partial charge in [-0.3, -0.25) is 4.79 Å². The summed E-state index contributed by atoms with van der Waals surface area (Å²) in [6.07, 6.45) is 5.41. The molecule has 1 aromatic rings. The molecule has 1 N–H and O–H groups in total. The molecule has 0 spiro atoms. The first kappa shape index (κ1) is 14.9. The van der Waals surface area contributed by atoms with Crippen LogP contribution in [0.25, 0.3) is 0 Å². The maximum absolute atomic E-state index is 12.0. The third kappa shape index (κ3) is 3.60. The Morgan fingerprint density at radius 2 is 2.29 bits per heavy atom. The van der Waals surface area contributed by atoms with Crippen molar-refractivity contribution in [1.29, 1.82) is 0 Å². The highest BCUT2D eigenvalue weighted by atomic mass is 79.9. The van der Waals surface area contributed by atoms with Crippen LogP contribution in [0.5, 0.6) is 5.75 Å². The van der Waals surface area contributed by atoms with E-state index in [0.717, 1.165) is 16.3 Å². The highest BCUT2D eigenvalue weighted by Gasteiger charge is 2.42. The van der Waals surface area contributed by atoms with E-state index in [9.17, 15) is 4.79 Å². The summed E-state index contributed by atoms with van der Waals surface area (Å²) in [6.45, 7) is 2.23. The topological polar surface area (TPSA) is 38.3 Å². The van der Waals surface area contributed by atoms with Gasteiger partial charge < -0.3 is 10.1 Å². The number of fused-ring (bicyclic) bond motifs is 2. The molecule has 2 fully saturated rings. The third-order valence-electron chi connectivity index (χ3n) is 4.99. The second-order valence-corrected chi connectivity index (χ2v) is 7.36. The van der Waals surface area contributed by atoms with Crippen molar-refractivity contribution >= 4 is 21.8 Å². The summed E-state index contributed by atoms with van der Waals surface area (Å²) in [5.74, 6) is 3.10. The average molecular weight is 352 g/mol. The summed E-state index contributed by atoms with van der Waals surface area (Å²) in [6, 6.07) is 7.82. The number of ether oxygens (including phenoxy) is 1. The van der Waals surface area contributed by atoms with Crippen molar-refractivity contribution in [2.24, 2.45) is 17.8 Å². The maximum Gasteiger partial charge on any atom is 0.258 e. The van der Waals surface area contributed by atoms with Gasteiger partial charge in [0.15, 0.2) is 6.61 Å². The predicted molar refractivity (Wildman–Crippen MR) is 86.2 cm³/mol. The molecule has 0 heterocycles. The van der Waals surface area contributed by atoms with Crippen LogP contribution < -0.4 is 10.1 Å². The number of carbonyl (C=O) groups excluding carboxylic acids is 1. The molecular weight excluding hydrogens is 330 g/mol. The van der Waals surface area contributed by atoms with Crippen LogP contribution in [0, 0.1) is 17.8 Å². The number of rotatable bonds is 5. The number of hydrogen-bond acceptors (Lipinski definition) is 2. The van der Waals surface area contributed by atoms with E-state index in [4.69, 9.17) is 4.74 Å². The van der Waals surface area contributed by atoms with Crippen molar-refractivity contribution < 1.29 is 9.53 Å². The van der Waals surface area contributed by atoms with E-state index >= 15 is 0 Å². The Kier molecular flexibility index (Phi) is 4.53. The summed E-state index contributed by atoms with van der Waals surface area (Å²) >= 11 is 3.39. The normalized spacial score (nSPS) is 28.4. The number of amides is 1. The standard InChI is InChI=1S/C17H22BrNO2/c1-11(16-8-12-5-6-13(16)7-12)19-17(20)10-21-15-4-2-3-14(18)9-15/h2-4,9,11-13,16H,5-8,10H2,1H3,(H,19,20)/t11-,12+,13+,16-/m1/s1. The van der Waals surface area contributed by atoms with Gasteiger partial charge in [-0.25, -0.2) is 0 Å². The molecule has 2 bridgehead atoms. The Morgan fingerprint density at radius 1 is 1.43 bits per heavy atom. The molecule has 3 rings (SSSR count). The van der Waals surface area contributed by atoms with Crippen LogP contribution in [0.4, 0.5) is 0 Å². The van der Waals surface area contributed by atoms with Crippen molar-refractivity contribution in [2.75, 3.05) is 6.61 Å². The summed E-state index contributed by atoms with van der Waals surface area (Å²) in [4.78, 5) is 12.0. The van der Waals surface area contributed by atoms with E-state index in [1.165, 1.54) is 25.7 Å². The third-order valence-corrected chi connectivity index (χ3v) is 5.48. The Bertz CT molecular complexity index is 519. The number of benzene rings is 1.